The predicted octanol–water partition coefficient (Wildman–Crippen LogP) is 2.47. The summed E-state index contributed by atoms with van der Waals surface area (Å²) in [6, 6.07) is 4.04. The third-order valence-electron chi connectivity index (χ3n) is 3.19. The van der Waals surface area contributed by atoms with E-state index in [1.165, 1.54) is 0 Å². The molecule has 0 aromatic heterocycles. The van der Waals surface area contributed by atoms with Crippen LogP contribution < -0.4 is 14.8 Å². The van der Waals surface area contributed by atoms with Gasteiger partial charge in [0.15, 0.2) is 11.5 Å². The van der Waals surface area contributed by atoms with Gasteiger partial charge in [0.2, 0.25) is 0 Å². The Labute approximate surface area is 130 Å². The number of nitrogens with one attached hydrogen (secondary N) is 1. The quantitative estimate of drug-likeness (QED) is 0.874. The Morgan fingerprint density at radius 2 is 2.15 bits per heavy atom. The average molecular weight is 362 g/mol. The van der Waals surface area contributed by atoms with Gasteiger partial charge < -0.3 is 14.8 Å². The van der Waals surface area contributed by atoms with Crippen LogP contribution in [0, 0.1) is 0 Å². The fourth-order valence-corrected chi connectivity index (χ4v) is 2.88. The number of ether oxygens (including phenoxy) is 2. The maximum absolute atomic E-state index is 11.3. The zero-order valence-corrected chi connectivity index (χ0v) is 14.2. The Morgan fingerprint density at radius 1 is 1.40 bits per heavy atom. The SMILES string of the molecule is CC(CNCc1cc(Br)c2c(c1)OCCCO2)S(C)=O. The van der Waals surface area contributed by atoms with Crippen molar-refractivity contribution in [2.75, 3.05) is 26.0 Å². The minimum absolute atomic E-state index is 0.152. The Hall–Kier alpha value is -0.590. The van der Waals surface area contributed by atoms with E-state index in [2.05, 4.69) is 21.2 Å². The van der Waals surface area contributed by atoms with Gasteiger partial charge >= 0.3 is 0 Å². The van der Waals surface area contributed by atoms with Crippen molar-refractivity contribution < 1.29 is 13.7 Å². The molecule has 1 aliphatic heterocycles. The highest BCUT2D eigenvalue weighted by molar-refractivity contribution is 9.10. The van der Waals surface area contributed by atoms with E-state index < -0.39 is 10.8 Å². The molecule has 2 unspecified atom stereocenters. The smallest absolute Gasteiger partial charge is 0.175 e. The molecule has 1 N–H and O–H groups in total. The summed E-state index contributed by atoms with van der Waals surface area (Å²) >= 11 is 3.53. The lowest BCUT2D eigenvalue weighted by atomic mass is 10.2. The molecular weight excluding hydrogens is 342 g/mol. The number of benzene rings is 1. The van der Waals surface area contributed by atoms with Crippen molar-refractivity contribution in [1.82, 2.24) is 5.32 Å². The van der Waals surface area contributed by atoms with Gasteiger partial charge in [0.1, 0.15) is 0 Å². The molecule has 112 valence electrons. The number of halogens is 1. The standard InChI is InChI=1S/C14H20BrNO3S/c1-10(20(2)17)8-16-9-11-6-12(15)14-13(7-11)18-4-3-5-19-14/h6-7,10,16H,3-5,8-9H2,1-2H3. The van der Waals surface area contributed by atoms with Gasteiger partial charge in [-0.15, -0.1) is 0 Å². The van der Waals surface area contributed by atoms with Crippen LogP contribution in [0.1, 0.15) is 18.9 Å². The first-order valence-corrected chi connectivity index (χ1v) is 9.10. The molecule has 1 aliphatic rings. The largest absolute Gasteiger partial charge is 0.490 e. The highest BCUT2D eigenvalue weighted by Crippen LogP contribution is 2.38. The summed E-state index contributed by atoms with van der Waals surface area (Å²) in [4.78, 5) is 0. The van der Waals surface area contributed by atoms with Crippen molar-refractivity contribution in [1.29, 1.82) is 0 Å². The van der Waals surface area contributed by atoms with Gasteiger partial charge in [0, 0.05) is 41.8 Å². The van der Waals surface area contributed by atoms with Crippen LogP contribution in [0.4, 0.5) is 0 Å². The number of hydrogen-bond donors (Lipinski definition) is 1. The van der Waals surface area contributed by atoms with Gasteiger partial charge in [-0.25, -0.2) is 0 Å². The van der Waals surface area contributed by atoms with Crippen LogP contribution in [0.3, 0.4) is 0 Å². The molecule has 1 aromatic carbocycles. The topological polar surface area (TPSA) is 47.6 Å². The Kier molecular flexibility index (Phi) is 5.86. The lowest BCUT2D eigenvalue weighted by Gasteiger charge is -2.13. The summed E-state index contributed by atoms with van der Waals surface area (Å²) in [6.07, 6.45) is 2.63. The lowest BCUT2D eigenvalue weighted by molar-refractivity contribution is 0.296. The molecule has 0 saturated heterocycles. The van der Waals surface area contributed by atoms with E-state index in [0.29, 0.717) is 13.2 Å². The van der Waals surface area contributed by atoms with Crippen LogP contribution in [0.5, 0.6) is 11.5 Å². The summed E-state index contributed by atoms with van der Waals surface area (Å²) in [7, 11) is -0.793. The highest BCUT2D eigenvalue weighted by atomic mass is 79.9. The maximum Gasteiger partial charge on any atom is 0.175 e. The van der Waals surface area contributed by atoms with E-state index in [-0.39, 0.29) is 5.25 Å². The summed E-state index contributed by atoms with van der Waals surface area (Å²) in [5, 5.41) is 3.47. The second-order valence-corrected chi connectivity index (χ2v) is 7.55. The van der Waals surface area contributed by atoms with Crippen molar-refractivity contribution in [2.45, 2.75) is 25.1 Å². The first kappa shape index (κ1) is 15.8. The summed E-state index contributed by atoms with van der Waals surface area (Å²) in [5.74, 6) is 1.58. The fourth-order valence-electron chi connectivity index (χ4n) is 1.92. The molecule has 2 atom stereocenters. The molecule has 0 bridgehead atoms. The van der Waals surface area contributed by atoms with Crippen LogP contribution >= 0.6 is 15.9 Å². The van der Waals surface area contributed by atoms with Gasteiger partial charge in [0.05, 0.1) is 17.7 Å². The van der Waals surface area contributed by atoms with Gasteiger partial charge in [-0.05, 0) is 40.5 Å². The molecule has 2 rings (SSSR count). The molecule has 1 heterocycles. The normalized spacial score (nSPS) is 17.4. The summed E-state index contributed by atoms with van der Waals surface area (Å²) in [6.45, 7) is 4.80. The Balaban J connectivity index is 2.01. The zero-order chi connectivity index (χ0) is 14.5. The van der Waals surface area contributed by atoms with Crippen molar-refractivity contribution in [3.05, 3.63) is 22.2 Å². The van der Waals surface area contributed by atoms with E-state index in [9.17, 15) is 4.21 Å². The summed E-state index contributed by atoms with van der Waals surface area (Å²) < 4.78 is 23.6. The molecule has 4 nitrogen and oxygen atoms in total. The van der Waals surface area contributed by atoms with E-state index in [0.717, 1.165) is 41.0 Å². The third kappa shape index (κ3) is 4.20. The minimum Gasteiger partial charge on any atom is -0.490 e. The monoisotopic (exact) mass is 361 g/mol. The predicted molar refractivity (Wildman–Crippen MR) is 85.0 cm³/mol. The van der Waals surface area contributed by atoms with E-state index >= 15 is 0 Å². The second-order valence-electron chi connectivity index (χ2n) is 4.90. The Morgan fingerprint density at radius 3 is 2.90 bits per heavy atom. The molecule has 6 heteroatoms. The molecule has 0 radical (unpaired) electrons. The zero-order valence-electron chi connectivity index (χ0n) is 11.8. The van der Waals surface area contributed by atoms with Crippen LogP contribution in [-0.4, -0.2) is 35.5 Å². The third-order valence-corrected chi connectivity index (χ3v) is 5.08. The molecule has 0 saturated carbocycles. The molecule has 0 spiro atoms. The molecule has 1 aromatic rings. The van der Waals surface area contributed by atoms with Crippen molar-refractivity contribution in [2.24, 2.45) is 0 Å². The molecule has 0 fully saturated rings. The molecule has 0 amide bonds. The molecule has 20 heavy (non-hydrogen) atoms. The lowest BCUT2D eigenvalue weighted by Crippen LogP contribution is -2.27. The number of fused-ring (bicyclic) bond motifs is 1. The van der Waals surface area contributed by atoms with Gasteiger partial charge in [-0.2, -0.15) is 0 Å². The minimum atomic E-state index is -0.793. The van der Waals surface area contributed by atoms with Crippen LogP contribution in [0.25, 0.3) is 0 Å². The molecule has 0 aliphatic carbocycles. The van der Waals surface area contributed by atoms with Gasteiger partial charge in [-0.1, -0.05) is 0 Å². The number of rotatable bonds is 5. The Bertz CT molecular complexity index is 496. The van der Waals surface area contributed by atoms with Crippen molar-refractivity contribution in [3.8, 4) is 11.5 Å². The first-order chi connectivity index (χ1) is 9.58. The van der Waals surface area contributed by atoms with Gasteiger partial charge in [-0.3, -0.25) is 4.21 Å². The maximum atomic E-state index is 11.3. The summed E-state index contributed by atoms with van der Waals surface area (Å²) in [5.41, 5.74) is 1.12. The van der Waals surface area contributed by atoms with Crippen LogP contribution in [-0.2, 0) is 17.3 Å². The van der Waals surface area contributed by atoms with E-state index in [1.54, 1.807) is 6.26 Å². The number of hydrogen-bond acceptors (Lipinski definition) is 4. The fraction of sp³-hybridized carbons (Fsp3) is 0.571. The van der Waals surface area contributed by atoms with Crippen LogP contribution in [0.2, 0.25) is 0 Å². The highest BCUT2D eigenvalue weighted by Gasteiger charge is 2.15. The van der Waals surface area contributed by atoms with E-state index in [1.807, 2.05) is 19.1 Å². The van der Waals surface area contributed by atoms with Crippen molar-refractivity contribution in [3.63, 3.8) is 0 Å². The second kappa shape index (κ2) is 7.43. The van der Waals surface area contributed by atoms with Crippen molar-refractivity contribution >= 4 is 26.7 Å². The van der Waals surface area contributed by atoms with Gasteiger partial charge in [0.25, 0.3) is 0 Å². The average Bonchev–Trinajstić information content (AvgIpc) is 2.64. The van der Waals surface area contributed by atoms with Crippen LogP contribution in [0.15, 0.2) is 16.6 Å². The first-order valence-electron chi connectivity index (χ1n) is 6.69. The van der Waals surface area contributed by atoms with E-state index in [4.69, 9.17) is 9.47 Å². The molecular formula is C14H20BrNO3S.